The number of carbonyl (C=O) groups excluding carboxylic acids is 2. The first-order valence-electron chi connectivity index (χ1n) is 10.8. The Morgan fingerprint density at radius 1 is 0.969 bits per heavy atom. The quantitative estimate of drug-likeness (QED) is 0.584. The van der Waals surface area contributed by atoms with Gasteiger partial charge in [-0.1, -0.05) is 60.7 Å². The van der Waals surface area contributed by atoms with Gasteiger partial charge in [-0.25, -0.2) is 0 Å². The molecule has 2 aliphatic rings. The van der Waals surface area contributed by atoms with Gasteiger partial charge in [0.15, 0.2) is 5.78 Å². The van der Waals surface area contributed by atoms with Crippen LogP contribution in [0.2, 0.25) is 0 Å². The Hall–Kier alpha value is -2.58. The average molecular weight is 440 g/mol. The molecule has 7 heteroatoms. The lowest BCUT2D eigenvalue weighted by Crippen LogP contribution is -2.60. The van der Waals surface area contributed by atoms with E-state index in [9.17, 15) is 9.59 Å². The van der Waals surface area contributed by atoms with Gasteiger partial charge in [-0.2, -0.15) is 0 Å². The van der Waals surface area contributed by atoms with Crippen molar-refractivity contribution in [3.63, 3.8) is 0 Å². The van der Waals surface area contributed by atoms with Crippen molar-refractivity contribution < 1.29 is 33.3 Å². The van der Waals surface area contributed by atoms with Gasteiger partial charge in [-0.3, -0.25) is 9.59 Å². The lowest BCUT2D eigenvalue weighted by Gasteiger charge is -2.45. The van der Waals surface area contributed by atoms with E-state index in [1.807, 2.05) is 60.7 Å². The lowest BCUT2D eigenvalue weighted by molar-refractivity contribution is -0.255. The van der Waals surface area contributed by atoms with Crippen LogP contribution in [-0.2, 0) is 46.5 Å². The number of carbonyl (C=O) groups is 2. The fourth-order valence-electron chi connectivity index (χ4n) is 4.05. The molecule has 7 nitrogen and oxygen atoms in total. The molecule has 0 aliphatic carbocycles. The fourth-order valence-corrected chi connectivity index (χ4v) is 4.05. The highest BCUT2D eigenvalue weighted by Crippen LogP contribution is 2.32. The molecule has 0 amide bonds. The summed E-state index contributed by atoms with van der Waals surface area (Å²) in [6.45, 7) is 1.08. The van der Waals surface area contributed by atoms with E-state index < -0.39 is 30.4 Å². The van der Waals surface area contributed by atoms with Crippen LogP contribution in [0.4, 0.5) is 0 Å². The minimum Gasteiger partial charge on any atom is -0.469 e. The molecule has 5 atom stereocenters. The minimum atomic E-state index is -0.872. The van der Waals surface area contributed by atoms with Crippen LogP contribution in [-0.4, -0.2) is 56.0 Å². The van der Waals surface area contributed by atoms with Gasteiger partial charge in [0, 0.05) is 6.42 Å². The molecular weight excluding hydrogens is 412 g/mol. The summed E-state index contributed by atoms with van der Waals surface area (Å²) < 4.78 is 29.2. The van der Waals surface area contributed by atoms with E-state index in [2.05, 4.69) is 0 Å². The second kappa shape index (κ2) is 10.8. The molecule has 0 radical (unpaired) electrons. The molecule has 0 N–H and O–H groups in total. The predicted molar refractivity (Wildman–Crippen MR) is 115 cm³/mol. The Morgan fingerprint density at radius 2 is 1.59 bits per heavy atom. The predicted octanol–water partition coefficient (Wildman–Crippen LogP) is 2.85. The Kier molecular flexibility index (Phi) is 7.65. The number of ketones is 1. The number of ether oxygens (including phenoxy) is 5. The summed E-state index contributed by atoms with van der Waals surface area (Å²) in [6.07, 6.45) is -2.63. The molecule has 2 aromatic carbocycles. The van der Waals surface area contributed by atoms with Gasteiger partial charge in [0.05, 0.1) is 39.5 Å². The second-order valence-corrected chi connectivity index (χ2v) is 8.01. The maximum atomic E-state index is 12.5. The molecule has 2 aliphatic heterocycles. The Morgan fingerprint density at radius 3 is 2.22 bits per heavy atom. The van der Waals surface area contributed by atoms with Crippen LogP contribution in [0.15, 0.2) is 60.7 Å². The molecule has 2 saturated heterocycles. The summed E-state index contributed by atoms with van der Waals surface area (Å²) in [5, 5.41) is 0. The van der Waals surface area contributed by atoms with Crippen molar-refractivity contribution in [3.8, 4) is 0 Å². The third-order valence-electron chi connectivity index (χ3n) is 5.79. The Bertz CT molecular complexity index is 886. The standard InChI is InChI=1S/C25H28O7/c1-28-23(27)13-20-19(26)12-21-25(32-20)24(31-15-18-10-6-3-7-11-18)22(16-30-21)29-14-17-8-4-2-5-9-17/h2-11,20-22,24-25H,12-16H2,1H3/t20-,21-,22+,24-,25-/m0/s1. The lowest BCUT2D eigenvalue weighted by atomic mass is 9.90. The van der Waals surface area contributed by atoms with Gasteiger partial charge in [-0.05, 0) is 11.1 Å². The van der Waals surface area contributed by atoms with Crippen LogP contribution in [0.5, 0.6) is 0 Å². The van der Waals surface area contributed by atoms with Gasteiger partial charge >= 0.3 is 5.97 Å². The molecule has 0 saturated carbocycles. The van der Waals surface area contributed by atoms with Crippen molar-refractivity contribution in [3.05, 3.63) is 71.8 Å². The highest BCUT2D eigenvalue weighted by Gasteiger charge is 2.49. The van der Waals surface area contributed by atoms with Crippen LogP contribution in [0, 0.1) is 0 Å². The number of rotatable bonds is 8. The number of methoxy groups -OCH3 is 1. The van der Waals surface area contributed by atoms with Crippen molar-refractivity contribution in [1.29, 1.82) is 0 Å². The maximum Gasteiger partial charge on any atom is 0.308 e. The number of benzene rings is 2. The zero-order chi connectivity index (χ0) is 22.3. The molecule has 0 bridgehead atoms. The van der Waals surface area contributed by atoms with Crippen molar-refractivity contribution in [2.75, 3.05) is 13.7 Å². The number of hydrogen-bond donors (Lipinski definition) is 0. The largest absolute Gasteiger partial charge is 0.469 e. The zero-order valence-electron chi connectivity index (χ0n) is 18.1. The van der Waals surface area contributed by atoms with Crippen molar-refractivity contribution in [1.82, 2.24) is 0 Å². The summed E-state index contributed by atoms with van der Waals surface area (Å²) in [7, 11) is 1.29. The van der Waals surface area contributed by atoms with Crippen LogP contribution in [0.3, 0.4) is 0 Å². The van der Waals surface area contributed by atoms with Gasteiger partial charge < -0.3 is 23.7 Å². The zero-order valence-corrected chi connectivity index (χ0v) is 18.1. The molecule has 0 unspecified atom stereocenters. The minimum absolute atomic E-state index is 0.125. The summed E-state index contributed by atoms with van der Waals surface area (Å²) in [6, 6.07) is 19.7. The molecule has 32 heavy (non-hydrogen) atoms. The number of Topliss-reactive ketones (excluding diaryl/α,β-unsaturated/α-hetero) is 1. The second-order valence-electron chi connectivity index (χ2n) is 8.01. The van der Waals surface area contributed by atoms with Crippen molar-refractivity contribution in [2.24, 2.45) is 0 Å². The summed E-state index contributed by atoms with van der Waals surface area (Å²) in [4.78, 5) is 24.3. The van der Waals surface area contributed by atoms with E-state index in [-0.39, 0.29) is 24.7 Å². The van der Waals surface area contributed by atoms with Gasteiger partial charge in [0.25, 0.3) is 0 Å². The number of fused-ring (bicyclic) bond motifs is 1. The highest BCUT2D eigenvalue weighted by molar-refractivity contribution is 5.88. The van der Waals surface area contributed by atoms with E-state index >= 15 is 0 Å². The Balaban J connectivity index is 1.49. The van der Waals surface area contributed by atoms with Crippen LogP contribution < -0.4 is 0 Å². The molecule has 2 aromatic rings. The third-order valence-corrected chi connectivity index (χ3v) is 5.79. The fraction of sp³-hybridized carbons (Fsp3) is 0.440. The maximum absolute atomic E-state index is 12.5. The van der Waals surface area contributed by atoms with E-state index in [4.69, 9.17) is 23.7 Å². The number of hydrogen-bond acceptors (Lipinski definition) is 7. The highest BCUT2D eigenvalue weighted by atomic mass is 16.6. The molecule has 4 rings (SSSR count). The van der Waals surface area contributed by atoms with Gasteiger partial charge in [-0.15, -0.1) is 0 Å². The monoisotopic (exact) mass is 440 g/mol. The van der Waals surface area contributed by atoms with Crippen LogP contribution in [0.1, 0.15) is 24.0 Å². The molecular formula is C25H28O7. The molecule has 170 valence electrons. The first-order chi connectivity index (χ1) is 15.6. The SMILES string of the molecule is COC(=O)C[C@@H]1O[C@@H]2[C@@H](OCc3ccccc3)[C@H](OCc3ccccc3)CO[C@H]2CC1=O. The van der Waals surface area contributed by atoms with Crippen LogP contribution in [0.25, 0.3) is 0 Å². The summed E-state index contributed by atoms with van der Waals surface area (Å²) in [5.41, 5.74) is 2.06. The molecule has 0 aromatic heterocycles. The first-order valence-corrected chi connectivity index (χ1v) is 10.8. The van der Waals surface area contributed by atoms with Gasteiger partial charge in [0.2, 0.25) is 0 Å². The van der Waals surface area contributed by atoms with Crippen LogP contribution >= 0.6 is 0 Å². The van der Waals surface area contributed by atoms with Crippen molar-refractivity contribution >= 4 is 11.8 Å². The Labute approximate surface area is 187 Å². The van der Waals surface area contributed by atoms with E-state index in [1.54, 1.807) is 0 Å². The topological polar surface area (TPSA) is 80.3 Å². The summed E-state index contributed by atoms with van der Waals surface area (Å²) >= 11 is 0. The number of esters is 1. The van der Waals surface area contributed by atoms with Crippen molar-refractivity contribution in [2.45, 2.75) is 56.6 Å². The third kappa shape index (κ3) is 5.61. The van der Waals surface area contributed by atoms with Gasteiger partial charge in [0.1, 0.15) is 24.4 Å². The summed E-state index contributed by atoms with van der Waals surface area (Å²) in [5.74, 6) is -0.653. The molecule has 2 heterocycles. The van der Waals surface area contributed by atoms with E-state index in [0.717, 1.165) is 11.1 Å². The first kappa shape index (κ1) is 22.6. The van der Waals surface area contributed by atoms with E-state index in [0.29, 0.717) is 19.8 Å². The smallest absolute Gasteiger partial charge is 0.308 e. The molecule has 0 spiro atoms. The normalized spacial score (nSPS) is 27.5. The molecule has 2 fully saturated rings. The van der Waals surface area contributed by atoms with E-state index in [1.165, 1.54) is 7.11 Å². The average Bonchev–Trinajstić information content (AvgIpc) is 2.83.